The SMILES string of the molecule is O=C(O)c1ccc2c(C3CCCCC3)c3n(c2c1)CC[NH2+]Cc1cc(F)ccc1-3.O=C([O-])C(F)(F)F. The van der Waals surface area contributed by atoms with Crippen molar-refractivity contribution in [2.24, 2.45) is 0 Å². The standard InChI is InChI=1S/C24H25FN2O2.C2HF3O2/c25-18-7-9-19-17(12-18)14-26-10-11-27-21-13-16(24(28)29)6-8-20(21)22(23(19)27)15-4-2-1-3-5-15;3-2(4,5)1(6)7/h6-9,12-13,15,26H,1-5,10-11,14H2,(H,28,29);(H,6,7). The van der Waals surface area contributed by atoms with Crippen LogP contribution in [0.15, 0.2) is 36.4 Å². The molecule has 1 aliphatic heterocycles. The maximum absolute atomic E-state index is 14.0. The van der Waals surface area contributed by atoms with Gasteiger partial charge in [0.05, 0.1) is 24.3 Å². The Hall–Kier alpha value is -3.40. The molecule has 2 aliphatic rings. The van der Waals surface area contributed by atoms with Gasteiger partial charge in [-0.25, -0.2) is 9.18 Å². The van der Waals surface area contributed by atoms with Crippen LogP contribution in [0.1, 0.15) is 59.5 Å². The predicted octanol–water partition coefficient (Wildman–Crippen LogP) is 3.57. The van der Waals surface area contributed by atoms with E-state index in [9.17, 15) is 27.5 Å². The lowest BCUT2D eigenvalue weighted by Gasteiger charge is -2.25. The molecule has 5 rings (SSSR count). The van der Waals surface area contributed by atoms with Crippen LogP contribution in [0.2, 0.25) is 0 Å². The number of carbonyl (C=O) groups excluding carboxylic acids is 1. The highest BCUT2D eigenvalue weighted by atomic mass is 19.4. The highest BCUT2D eigenvalue weighted by molar-refractivity contribution is 5.98. The zero-order valence-electron chi connectivity index (χ0n) is 19.4. The van der Waals surface area contributed by atoms with Crippen LogP contribution in [0.25, 0.3) is 22.2 Å². The molecule has 0 atom stereocenters. The van der Waals surface area contributed by atoms with Crippen molar-refractivity contribution in [3.63, 3.8) is 0 Å². The van der Waals surface area contributed by atoms with Crippen LogP contribution in [0.4, 0.5) is 17.6 Å². The molecule has 6 nitrogen and oxygen atoms in total. The van der Waals surface area contributed by atoms with E-state index < -0.39 is 18.1 Å². The Balaban J connectivity index is 0.000000384. The summed E-state index contributed by atoms with van der Waals surface area (Å²) in [5, 5.41) is 21.7. The van der Waals surface area contributed by atoms with Gasteiger partial charge in [0.1, 0.15) is 18.3 Å². The van der Waals surface area contributed by atoms with Crippen molar-refractivity contribution in [2.75, 3.05) is 6.54 Å². The van der Waals surface area contributed by atoms with Crippen molar-refractivity contribution in [1.29, 1.82) is 0 Å². The lowest BCUT2D eigenvalue weighted by atomic mass is 9.81. The number of fused-ring (bicyclic) bond motifs is 5. The number of aromatic nitrogens is 1. The average Bonchev–Trinajstić information content (AvgIpc) is 3.13. The Kier molecular flexibility index (Phi) is 7.35. The molecule has 1 saturated carbocycles. The first kappa shape index (κ1) is 25.7. The second-order valence-corrected chi connectivity index (χ2v) is 9.15. The van der Waals surface area contributed by atoms with Crippen molar-refractivity contribution < 1.29 is 42.7 Å². The number of nitrogens with zero attached hydrogens (tertiary/aromatic N) is 1. The normalized spacial score (nSPS) is 16.2. The third-order valence-corrected chi connectivity index (χ3v) is 6.84. The maximum atomic E-state index is 14.0. The number of benzene rings is 2. The number of alkyl halides is 3. The molecular weight excluding hydrogens is 480 g/mol. The summed E-state index contributed by atoms with van der Waals surface area (Å²) in [6, 6.07) is 10.7. The number of aromatic carboxylic acids is 1. The van der Waals surface area contributed by atoms with Gasteiger partial charge in [-0.3, -0.25) is 0 Å². The number of quaternary nitrogens is 1. The highest BCUT2D eigenvalue weighted by Gasteiger charge is 2.30. The molecule has 2 heterocycles. The minimum atomic E-state index is -5.19. The quantitative estimate of drug-likeness (QED) is 0.519. The summed E-state index contributed by atoms with van der Waals surface area (Å²) in [6.07, 6.45) is 0.872. The molecule has 10 heteroatoms. The zero-order chi connectivity index (χ0) is 26.0. The molecule has 192 valence electrons. The molecule has 3 N–H and O–H groups in total. The van der Waals surface area contributed by atoms with Crippen LogP contribution in [-0.4, -0.2) is 34.3 Å². The summed E-state index contributed by atoms with van der Waals surface area (Å²) < 4.78 is 47.9. The van der Waals surface area contributed by atoms with E-state index in [1.807, 2.05) is 18.2 Å². The number of nitrogens with two attached hydrogens (primary N) is 1. The van der Waals surface area contributed by atoms with E-state index >= 15 is 0 Å². The summed E-state index contributed by atoms with van der Waals surface area (Å²) >= 11 is 0. The minimum Gasteiger partial charge on any atom is -0.542 e. The lowest BCUT2D eigenvalue weighted by Crippen LogP contribution is -2.83. The molecule has 1 aliphatic carbocycles. The van der Waals surface area contributed by atoms with E-state index in [2.05, 4.69) is 9.88 Å². The Morgan fingerprint density at radius 3 is 2.39 bits per heavy atom. The summed E-state index contributed by atoms with van der Waals surface area (Å²) in [7, 11) is 0. The molecule has 0 unspecified atom stereocenters. The number of aliphatic carboxylic acids is 1. The van der Waals surface area contributed by atoms with E-state index in [0.717, 1.165) is 54.5 Å². The second-order valence-electron chi connectivity index (χ2n) is 9.15. The van der Waals surface area contributed by atoms with E-state index in [1.54, 1.807) is 18.2 Å². The summed E-state index contributed by atoms with van der Waals surface area (Å²) in [5.41, 5.74) is 5.94. The van der Waals surface area contributed by atoms with Crippen LogP contribution in [0.5, 0.6) is 0 Å². The van der Waals surface area contributed by atoms with Crippen LogP contribution in [-0.2, 0) is 17.9 Å². The van der Waals surface area contributed by atoms with Crippen LogP contribution in [0.3, 0.4) is 0 Å². The molecule has 1 aromatic heterocycles. The van der Waals surface area contributed by atoms with Crippen LogP contribution < -0.4 is 10.4 Å². The molecule has 0 radical (unpaired) electrons. The van der Waals surface area contributed by atoms with Crippen molar-refractivity contribution in [3.05, 3.63) is 58.9 Å². The average molecular weight is 506 g/mol. The second kappa shape index (κ2) is 10.3. The molecule has 0 spiro atoms. The van der Waals surface area contributed by atoms with Crippen molar-refractivity contribution in [3.8, 4) is 11.3 Å². The van der Waals surface area contributed by atoms with Gasteiger partial charge in [0.2, 0.25) is 0 Å². The number of halogens is 4. The first-order chi connectivity index (χ1) is 17.1. The molecular formula is C26H26F4N2O4. The number of rotatable bonds is 2. The molecule has 0 amide bonds. The van der Waals surface area contributed by atoms with Gasteiger partial charge >= 0.3 is 12.1 Å². The van der Waals surface area contributed by atoms with Gasteiger partial charge in [0.15, 0.2) is 0 Å². The van der Waals surface area contributed by atoms with Crippen LogP contribution in [0, 0.1) is 5.82 Å². The predicted molar refractivity (Wildman–Crippen MR) is 122 cm³/mol. The van der Waals surface area contributed by atoms with Gasteiger partial charge in [0, 0.05) is 22.0 Å². The summed E-state index contributed by atoms with van der Waals surface area (Å²) in [5.74, 6) is -3.64. The fourth-order valence-corrected chi connectivity index (χ4v) is 5.28. The maximum Gasteiger partial charge on any atom is 0.430 e. The molecule has 0 saturated heterocycles. The first-order valence-corrected chi connectivity index (χ1v) is 11.9. The summed E-state index contributed by atoms with van der Waals surface area (Å²) in [6.45, 7) is 2.46. The van der Waals surface area contributed by atoms with E-state index in [-0.39, 0.29) is 5.82 Å². The molecule has 36 heavy (non-hydrogen) atoms. The van der Waals surface area contributed by atoms with E-state index in [0.29, 0.717) is 11.5 Å². The largest absolute Gasteiger partial charge is 0.542 e. The van der Waals surface area contributed by atoms with Gasteiger partial charge in [0.25, 0.3) is 0 Å². The Bertz CT molecular complexity index is 1290. The van der Waals surface area contributed by atoms with Gasteiger partial charge in [-0.15, -0.1) is 0 Å². The minimum absolute atomic E-state index is 0.201. The first-order valence-electron chi connectivity index (χ1n) is 11.9. The van der Waals surface area contributed by atoms with Crippen molar-refractivity contribution in [1.82, 2.24) is 4.57 Å². The Labute approximate surface area is 204 Å². The van der Waals surface area contributed by atoms with Crippen molar-refractivity contribution >= 4 is 22.8 Å². The number of carbonyl (C=O) groups is 2. The fourth-order valence-electron chi connectivity index (χ4n) is 5.28. The smallest absolute Gasteiger partial charge is 0.430 e. The number of hydrogen-bond acceptors (Lipinski definition) is 3. The Morgan fingerprint density at radius 2 is 1.75 bits per heavy atom. The number of carboxylic acids is 2. The molecule has 1 fully saturated rings. The van der Waals surface area contributed by atoms with Gasteiger partial charge in [-0.1, -0.05) is 25.3 Å². The van der Waals surface area contributed by atoms with Gasteiger partial charge in [-0.2, -0.15) is 13.2 Å². The lowest BCUT2D eigenvalue weighted by molar-refractivity contribution is -0.671. The third kappa shape index (κ3) is 5.23. The highest BCUT2D eigenvalue weighted by Crippen LogP contribution is 2.45. The molecule has 0 bridgehead atoms. The monoisotopic (exact) mass is 506 g/mol. The van der Waals surface area contributed by atoms with E-state index in [4.69, 9.17) is 9.90 Å². The molecule has 2 aromatic carbocycles. The number of carboxylic acid groups (broad SMARTS) is 2. The molecule has 3 aromatic rings. The fraction of sp³-hybridized carbons (Fsp3) is 0.385. The van der Waals surface area contributed by atoms with Gasteiger partial charge < -0.3 is 24.9 Å². The zero-order valence-corrected chi connectivity index (χ0v) is 19.4. The Morgan fingerprint density at radius 1 is 1.06 bits per heavy atom. The third-order valence-electron chi connectivity index (χ3n) is 6.84. The summed E-state index contributed by atoms with van der Waals surface area (Å²) in [4.78, 5) is 20.4. The van der Waals surface area contributed by atoms with E-state index in [1.165, 1.54) is 30.5 Å². The topological polar surface area (TPSA) is 99.0 Å². The number of hydrogen-bond donors (Lipinski definition) is 2. The van der Waals surface area contributed by atoms with Crippen molar-refractivity contribution in [2.45, 2.75) is 57.3 Å². The van der Waals surface area contributed by atoms with Gasteiger partial charge in [-0.05, 0) is 54.7 Å². The van der Waals surface area contributed by atoms with Crippen LogP contribution >= 0.6 is 0 Å².